The summed E-state index contributed by atoms with van der Waals surface area (Å²) in [4.78, 5) is 24.8. The Bertz CT molecular complexity index is 1090. The molecule has 8 heteroatoms. The van der Waals surface area contributed by atoms with Gasteiger partial charge in [0.05, 0.1) is 31.4 Å². The van der Waals surface area contributed by atoms with Crippen LogP contribution in [0.4, 0.5) is 10.1 Å². The minimum absolute atomic E-state index is 0.0975. The summed E-state index contributed by atoms with van der Waals surface area (Å²) in [7, 11) is 3.08. The topological polar surface area (TPSA) is 69.6 Å². The summed E-state index contributed by atoms with van der Waals surface area (Å²) >= 11 is 5.74. The lowest BCUT2D eigenvalue weighted by molar-refractivity contribution is 0.102. The summed E-state index contributed by atoms with van der Waals surface area (Å²) in [6.45, 7) is 0.218. The molecule has 1 N–H and O–H groups in total. The van der Waals surface area contributed by atoms with Crippen molar-refractivity contribution in [3.05, 3.63) is 87.0 Å². The van der Waals surface area contributed by atoms with E-state index in [0.717, 1.165) is 11.6 Å². The van der Waals surface area contributed by atoms with Crippen molar-refractivity contribution >= 4 is 23.2 Å². The maximum atomic E-state index is 13.3. The predicted octanol–water partition coefficient (Wildman–Crippen LogP) is 3.96. The molecule has 0 spiro atoms. The number of nitrogens with one attached hydrogen (secondary N) is 1. The fourth-order valence-electron chi connectivity index (χ4n) is 2.72. The molecule has 0 radical (unpaired) electrons. The number of methoxy groups -OCH3 is 2. The third-order valence-electron chi connectivity index (χ3n) is 4.19. The number of carbonyl (C=O) groups excluding carboxylic acids is 1. The van der Waals surface area contributed by atoms with E-state index in [4.69, 9.17) is 21.1 Å². The highest BCUT2D eigenvalue weighted by atomic mass is 35.5. The molecule has 0 bridgehead atoms. The number of benzene rings is 2. The fraction of sp³-hybridized carbons (Fsp3) is 0.143. The summed E-state index contributed by atoms with van der Waals surface area (Å²) in [6, 6.07) is 11.9. The van der Waals surface area contributed by atoms with Crippen LogP contribution < -0.4 is 20.3 Å². The highest BCUT2D eigenvalue weighted by Crippen LogP contribution is 2.23. The zero-order valence-corrected chi connectivity index (χ0v) is 16.5. The molecule has 0 unspecified atom stereocenters. The van der Waals surface area contributed by atoms with E-state index in [2.05, 4.69) is 5.32 Å². The molecular weight excluding hydrogens is 399 g/mol. The van der Waals surface area contributed by atoms with Crippen molar-refractivity contribution in [3.63, 3.8) is 0 Å². The van der Waals surface area contributed by atoms with Crippen molar-refractivity contribution in [2.75, 3.05) is 19.5 Å². The summed E-state index contributed by atoms with van der Waals surface area (Å²) in [5, 5.41) is 2.53. The molecular formula is C21H18ClFN2O4. The first-order chi connectivity index (χ1) is 13.9. The molecule has 3 aromatic rings. The fourth-order valence-corrected chi connectivity index (χ4v) is 2.90. The molecule has 150 valence electrons. The van der Waals surface area contributed by atoms with E-state index < -0.39 is 11.7 Å². The number of nitrogens with zero attached hydrogens (tertiary/aromatic N) is 1. The molecule has 2 aromatic carbocycles. The Morgan fingerprint density at radius 1 is 1.07 bits per heavy atom. The van der Waals surface area contributed by atoms with Crippen molar-refractivity contribution in [3.8, 4) is 11.5 Å². The van der Waals surface area contributed by atoms with Gasteiger partial charge in [-0.05, 0) is 42.0 Å². The van der Waals surface area contributed by atoms with Crippen LogP contribution in [0.5, 0.6) is 11.5 Å². The second-order valence-corrected chi connectivity index (χ2v) is 6.60. The molecule has 0 atom stereocenters. The summed E-state index contributed by atoms with van der Waals surface area (Å²) in [5.74, 6) is 0.153. The first-order valence-electron chi connectivity index (χ1n) is 8.58. The Hall–Kier alpha value is -3.32. The lowest BCUT2D eigenvalue weighted by Gasteiger charge is -2.12. The number of hydrogen-bond donors (Lipinski definition) is 1. The van der Waals surface area contributed by atoms with Gasteiger partial charge in [-0.25, -0.2) is 4.39 Å². The van der Waals surface area contributed by atoms with Crippen LogP contribution in [-0.2, 0) is 6.54 Å². The van der Waals surface area contributed by atoms with Crippen molar-refractivity contribution in [1.82, 2.24) is 4.57 Å². The van der Waals surface area contributed by atoms with Gasteiger partial charge in [0.2, 0.25) is 0 Å². The van der Waals surface area contributed by atoms with Gasteiger partial charge in [-0.2, -0.15) is 0 Å². The molecule has 0 saturated heterocycles. The third kappa shape index (κ3) is 4.94. The zero-order chi connectivity index (χ0) is 21.0. The Kier molecular flexibility index (Phi) is 6.19. The smallest absolute Gasteiger partial charge is 0.257 e. The largest absolute Gasteiger partial charge is 0.497 e. The Labute approximate surface area is 171 Å². The summed E-state index contributed by atoms with van der Waals surface area (Å²) < 4.78 is 25.2. The minimum Gasteiger partial charge on any atom is -0.497 e. The van der Waals surface area contributed by atoms with Gasteiger partial charge in [-0.15, -0.1) is 0 Å². The highest BCUT2D eigenvalue weighted by Gasteiger charge is 2.11. The second kappa shape index (κ2) is 8.79. The molecule has 0 saturated carbocycles. The van der Waals surface area contributed by atoms with Crippen molar-refractivity contribution in [2.24, 2.45) is 0 Å². The van der Waals surface area contributed by atoms with Crippen LogP contribution in [0.3, 0.4) is 0 Å². The second-order valence-electron chi connectivity index (χ2n) is 6.19. The van der Waals surface area contributed by atoms with E-state index in [9.17, 15) is 14.0 Å². The maximum absolute atomic E-state index is 13.3. The number of amides is 1. The number of halogens is 2. The van der Waals surface area contributed by atoms with Gasteiger partial charge in [-0.3, -0.25) is 9.59 Å². The van der Waals surface area contributed by atoms with Gasteiger partial charge >= 0.3 is 0 Å². The van der Waals surface area contributed by atoms with Gasteiger partial charge in [-0.1, -0.05) is 11.6 Å². The first kappa shape index (κ1) is 20.4. The van der Waals surface area contributed by atoms with Crippen LogP contribution in [-0.4, -0.2) is 24.7 Å². The van der Waals surface area contributed by atoms with E-state index in [1.54, 1.807) is 18.2 Å². The van der Waals surface area contributed by atoms with Crippen LogP contribution in [0.15, 0.2) is 59.5 Å². The van der Waals surface area contributed by atoms with Crippen LogP contribution >= 0.6 is 11.6 Å². The molecule has 0 aliphatic carbocycles. The number of anilines is 1. The van der Waals surface area contributed by atoms with Crippen molar-refractivity contribution in [2.45, 2.75) is 6.54 Å². The highest BCUT2D eigenvalue weighted by molar-refractivity contribution is 6.31. The number of carbonyl (C=O) groups is 1. The number of rotatable bonds is 6. The molecule has 29 heavy (non-hydrogen) atoms. The lowest BCUT2D eigenvalue weighted by atomic mass is 10.2. The molecule has 0 aliphatic heterocycles. The molecule has 0 fully saturated rings. The van der Waals surface area contributed by atoms with E-state index in [1.165, 1.54) is 49.2 Å². The number of hydrogen-bond acceptors (Lipinski definition) is 4. The maximum Gasteiger partial charge on any atom is 0.257 e. The average molecular weight is 417 g/mol. The molecule has 6 nitrogen and oxygen atoms in total. The minimum atomic E-state index is -0.577. The van der Waals surface area contributed by atoms with Crippen molar-refractivity contribution < 1.29 is 18.7 Å². The van der Waals surface area contributed by atoms with E-state index in [0.29, 0.717) is 17.2 Å². The number of pyridine rings is 1. The SMILES string of the molecule is COc1cc(Cn2cc(C(=O)Nc3ccc(F)c(Cl)c3)ccc2=O)cc(OC)c1. The van der Waals surface area contributed by atoms with E-state index in [-0.39, 0.29) is 22.7 Å². The average Bonchev–Trinajstić information content (AvgIpc) is 2.72. The molecule has 1 amide bonds. The third-order valence-corrected chi connectivity index (χ3v) is 4.48. The first-order valence-corrected chi connectivity index (χ1v) is 8.96. The standard InChI is InChI=1S/C21H18ClFN2O4/c1-28-16-7-13(8-17(10-16)29-2)11-25-12-14(3-6-20(25)26)21(27)24-15-4-5-19(23)18(22)9-15/h3-10,12H,11H2,1-2H3,(H,24,27). The van der Waals surface area contributed by atoms with E-state index >= 15 is 0 Å². The van der Waals surface area contributed by atoms with Crippen LogP contribution in [0.1, 0.15) is 15.9 Å². The molecule has 3 rings (SSSR count). The van der Waals surface area contributed by atoms with Crippen LogP contribution in [0.25, 0.3) is 0 Å². The van der Waals surface area contributed by atoms with E-state index in [1.807, 2.05) is 0 Å². The molecule has 1 heterocycles. The lowest BCUT2D eigenvalue weighted by Crippen LogP contribution is -2.22. The molecule has 0 aliphatic rings. The normalized spacial score (nSPS) is 10.5. The van der Waals surface area contributed by atoms with Crippen LogP contribution in [0.2, 0.25) is 5.02 Å². The number of aromatic nitrogens is 1. The van der Waals surface area contributed by atoms with Gasteiger partial charge in [0, 0.05) is 24.0 Å². The van der Waals surface area contributed by atoms with Gasteiger partial charge in [0.25, 0.3) is 11.5 Å². The monoisotopic (exact) mass is 416 g/mol. The predicted molar refractivity (Wildman–Crippen MR) is 109 cm³/mol. The number of ether oxygens (including phenoxy) is 2. The Morgan fingerprint density at radius 3 is 2.38 bits per heavy atom. The van der Waals surface area contributed by atoms with Gasteiger partial charge in [0.1, 0.15) is 17.3 Å². The quantitative estimate of drug-likeness (QED) is 0.660. The van der Waals surface area contributed by atoms with Gasteiger partial charge in [0.15, 0.2) is 0 Å². The Morgan fingerprint density at radius 2 is 1.76 bits per heavy atom. The van der Waals surface area contributed by atoms with Crippen LogP contribution in [0, 0.1) is 5.82 Å². The van der Waals surface area contributed by atoms with Crippen molar-refractivity contribution in [1.29, 1.82) is 0 Å². The van der Waals surface area contributed by atoms with Gasteiger partial charge < -0.3 is 19.4 Å². The summed E-state index contributed by atoms with van der Waals surface area (Å²) in [5.41, 5.74) is 1.11. The summed E-state index contributed by atoms with van der Waals surface area (Å²) in [6.07, 6.45) is 1.45. The Balaban J connectivity index is 1.85. The molecule has 1 aromatic heterocycles. The zero-order valence-electron chi connectivity index (χ0n) is 15.7.